The van der Waals surface area contributed by atoms with Crippen LogP contribution in [-0.2, 0) is 16.0 Å². The molecule has 2 aromatic rings. The number of nitrogens with one attached hydrogen (secondary N) is 2. The van der Waals surface area contributed by atoms with Crippen molar-refractivity contribution in [1.29, 1.82) is 0 Å². The van der Waals surface area contributed by atoms with Crippen molar-refractivity contribution in [3.8, 4) is 11.5 Å². The van der Waals surface area contributed by atoms with Gasteiger partial charge in [-0.15, -0.1) is 0 Å². The van der Waals surface area contributed by atoms with E-state index in [-0.39, 0.29) is 24.5 Å². The molecule has 0 fully saturated rings. The molecule has 0 saturated carbocycles. The summed E-state index contributed by atoms with van der Waals surface area (Å²) in [5.74, 6) is 0.00319. The second-order valence-corrected chi connectivity index (χ2v) is 4.77. The molecule has 0 aliphatic heterocycles. The molecule has 1 aromatic carbocycles. The molecule has 0 radical (unpaired) electrons. The molecule has 2 rings (SSSR count). The van der Waals surface area contributed by atoms with Crippen LogP contribution in [0.25, 0.3) is 0 Å². The van der Waals surface area contributed by atoms with Crippen molar-refractivity contribution in [3.05, 3.63) is 36.4 Å². The van der Waals surface area contributed by atoms with Crippen molar-refractivity contribution < 1.29 is 19.1 Å². The van der Waals surface area contributed by atoms with E-state index in [1.54, 1.807) is 37.6 Å². The number of esters is 1. The van der Waals surface area contributed by atoms with Crippen LogP contribution in [0.1, 0.15) is 25.5 Å². The van der Waals surface area contributed by atoms with Crippen molar-refractivity contribution in [2.75, 3.05) is 12.4 Å². The van der Waals surface area contributed by atoms with Gasteiger partial charge in [-0.1, -0.05) is 13.0 Å². The number of aromatic nitrogens is 2. The predicted octanol–water partition coefficient (Wildman–Crippen LogP) is 2.30. The first-order valence-electron chi connectivity index (χ1n) is 7.29. The second-order valence-electron chi connectivity index (χ2n) is 4.77. The van der Waals surface area contributed by atoms with Crippen LogP contribution in [0.5, 0.6) is 11.5 Å². The lowest BCUT2D eigenvalue weighted by atomic mass is 10.2. The van der Waals surface area contributed by atoms with Gasteiger partial charge in [-0.2, -0.15) is 0 Å². The number of amides is 1. The third kappa shape index (κ3) is 4.57. The zero-order chi connectivity index (χ0) is 16.7. The summed E-state index contributed by atoms with van der Waals surface area (Å²) in [6.07, 6.45) is 4.32. The van der Waals surface area contributed by atoms with Crippen molar-refractivity contribution in [3.63, 3.8) is 0 Å². The fourth-order valence-corrected chi connectivity index (χ4v) is 1.95. The van der Waals surface area contributed by atoms with Crippen LogP contribution in [0.4, 0.5) is 5.69 Å². The lowest BCUT2D eigenvalue weighted by Gasteiger charge is -2.14. The van der Waals surface area contributed by atoms with Crippen molar-refractivity contribution >= 4 is 17.6 Å². The number of H-pyrrole nitrogens is 1. The summed E-state index contributed by atoms with van der Waals surface area (Å²) < 4.78 is 10.5. The molecule has 0 bridgehead atoms. The number of rotatable bonds is 7. The average molecular weight is 317 g/mol. The molecule has 0 saturated heterocycles. The molecule has 0 aliphatic rings. The molecule has 0 spiro atoms. The topological polar surface area (TPSA) is 93.3 Å². The van der Waals surface area contributed by atoms with Crippen LogP contribution in [-0.4, -0.2) is 29.0 Å². The van der Waals surface area contributed by atoms with Gasteiger partial charge >= 0.3 is 5.97 Å². The van der Waals surface area contributed by atoms with Gasteiger partial charge in [0.1, 0.15) is 0 Å². The molecule has 7 nitrogen and oxygen atoms in total. The molecular weight excluding hydrogens is 298 g/mol. The van der Waals surface area contributed by atoms with Gasteiger partial charge in [0.25, 0.3) is 0 Å². The quantitative estimate of drug-likeness (QED) is 0.604. The predicted molar refractivity (Wildman–Crippen MR) is 84.5 cm³/mol. The molecule has 1 heterocycles. The standard InChI is InChI=1S/C16H19N3O4/c1-3-15(21)23-16-12(5-4-6-13(16)22-2)19-14(20)8-7-11-9-17-10-18-11/h4-6,9-10H,3,7-8H2,1-2H3,(H,17,18)(H,19,20). The number of ether oxygens (including phenoxy) is 2. The Bertz CT molecular complexity index is 668. The minimum absolute atomic E-state index is 0.199. The number of methoxy groups -OCH3 is 1. The third-order valence-corrected chi connectivity index (χ3v) is 3.14. The Hall–Kier alpha value is -2.83. The van der Waals surface area contributed by atoms with Crippen LogP contribution in [0.15, 0.2) is 30.7 Å². The lowest BCUT2D eigenvalue weighted by Crippen LogP contribution is -2.15. The number of hydrogen-bond acceptors (Lipinski definition) is 5. The zero-order valence-corrected chi connectivity index (χ0v) is 13.1. The minimum Gasteiger partial charge on any atom is -0.493 e. The van der Waals surface area contributed by atoms with Crippen LogP contribution in [0, 0.1) is 0 Å². The molecule has 2 N–H and O–H groups in total. The molecule has 0 unspecified atom stereocenters. The van der Waals surface area contributed by atoms with E-state index in [0.717, 1.165) is 5.69 Å². The van der Waals surface area contributed by atoms with Gasteiger partial charge in [-0.3, -0.25) is 9.59 Å². The summed E-state index contributed by atoms with van der Waals surface area (Å²) in [6, 6.07) is 5.04. The number of benzene rings is 1. The largest absolute Gasteiger partial charge is 0.493 e. The number of anilines is 1. The second kappa shape index (κ2) is 7.98. The molecule has 23 heavy (non-hydrogen) atoms. The fourth-order valence-electron chi connectivity index (χ4n) is 1.95. The Morgan fingerprint density at radius 2 is 2.17 bits per heavy atom. The van der Waals surface area contributed by atoms with E-state index >= 15 is 0 Å². The van der Waals surface area contributed by atoms with Crippen molar-refractivity contribution in [1.82, 2.24) is 9.97 Å². The summed E-state index contributed by atoms with van der Waals surface area (Å²) in [4.78, 5) is 30.6. The number of aryl methyl sites for hydroxylation is 1. The van der Waals surface area contributed by atoms with E-state index in [2.05, 4.69) is 15.3 Å². The van der Waals surface area contributed by atoms with Gasteiger partial charge in [-0.25, -0.2) is 4.98 Å². The van der Waals surface area contributed by atoms with E-state index in [0.29, 0.717) is 17.9 Å². The molecule has 0 atom stereocenters. The summed E-state index contributed by atoms with van der Waals surface area (Å²) in [6.45, 7) is 1.69. The van der Waals surface area contributed by atoms with Crippen LogP contribution < -0.4 is 14.8 Å². The highest BCUT2D eigenvalue weighted by Crippen LogP contribution is 2.35. The van der Waals surface area contributed by atoms with Gasteiger partial charge in [-0.05, 0) is 18.6 Å². The summed E-state index contributed by atoms with van der Waals surface area (Å²) in [5.41, 5.74) is 1.21. The highest BCUT2D eigenvalue weighted by molar-refractivity contribution is 5.93. The Labute approximate surface area is 134 Å². The minimum atomic E-state index is -0.401. The average Bonchev–Trinajstić information content (AvgIpc) is 3.07. The normalized spacial score (nSPS) is 10.2. The highest BCUT2D eigenvalue weighted by Gasteiger charge is 2.16. The van der Waals surface area contributed by atoms with E-state index in [1.165, 1.54) is 7.11 Å². The molecule has 1 aromatic heterocycles. The van der Waals surface area contributed by atoms with Gasteiger partial charge in [0.2, 0.25) is 5.91 Å². The summed E-state index contributed by atoms with van der Waals surface area (Å²) in [7, 11) is 1.47. The van der Waals surface area contributed by atoms with E-state index in [4.69, 9.17) is 9.47 Å². The fraction of sp³-hybridized carbons (Fsp3) is 0.312. The first-order chi connectivity index (χ1) is 11.1. The van der Waals surface area contributed by atoms with Crippen LogP contribution in [0.2, 0.25) is 0 Å². The summed E-state index contributed by atoms with van der Waals surface area (Å²) >= 11 is 0. The van der Waals surface area contributed by atoms with Crippen LogP contribution >= 0.6 is 0 Å². The maximum absolute atomic E-state index is 12.1. The van der Waals surface area contributed by atoms with Gasteiger partial charge < -0.3 is 19.8 Å². The van der Waals surface area contributed by atoms with E-state index in [1.807, 2.05) is 0 Å². The highest BCUT2D eigenvalue weighted by atomic mass is 16.6. The number of aromatic amines is 1. The van der Waals surface area contributed by atoms with Crippen molar-refractivity contribution in [2.45, 2.75) is 26.2 Å². The first kappa shape index (κ1) is 16.5. The van der Waals surface area contributed by atoms with Gasteiger partial charge in [0.15, 0.2) is 11.5 Å². The number of imidazole rings is 1. The molecule has 0 aliphatic carbocycles. The van der Waals surface area contributed by atoms with E-state index < -0.39 is 5.97 Å². The molecular formula is C16H19N3O4. The number of nitrogens with zero attached hydrogens (tertiary/aromatic N) is 1. The van der Waals surface area contributed by atoms with E-state index in [9.17, 15) is 9.59 Å². The van der Waals surface area contributed by atoms with Crippen molar-refractivity contribution in [2.24, 2.45) is 0 Å². The maximum Gasteiger partial charge on any atom is 0.311 e. The smallest absolute Gasteiger partial charge is 0.311 e. The lowest BCUT2D eigenvalue weighted by molar-refractivity contribution is -0.134. The Morgan fingerprint density at radius 1 is 1.35 bits per heavy atom. The Kier molecular flexibility index (Phi) is 5.74. The number of carbonyl (C=O) groups excluding carboxylic acids is 2. The van der Waals surface area contributed by atoms with Crippen LogP contribution in [0.3, 0.4) is 0 Å². The number of carbonyl (C=O) groups is 2. The zero-order valence-electron chi connectivity index (χ0n) is 13.1. The number of para-hydroxylation sites is 1. The Balaban J connectivity index is 2.08. The van der Waals surface area contributed by atoms with Gasteiger partial charge in [0, 0.05) is 19.0 Å². The third-order valence-electron chi connectivity index (χ3n) is 3.14. The number of hydrogen-bond donors (Lipinski definition) is 2. The monoisotopic (exact) mass is 317 g/mol. The summed E-state index contributed by atoms with van der Waals surface area (Å²) in [5, 5.41) is 2.74. The van der Waals surface area contributed by atoms with Gasteiger partial charge in [0.05, 0.1) is 24.8 Å². The Morgan fingerprint density at radius 3 is 2.83 bits per heavy atom. The first-order valence-corrected chi connectivity index (χ1v) is 7.29. The molecule has 122 valence electrons. The molecule has 7 heteroatoms. The molecule has 1 amide bonds. The SMILES string of the molecule is CCC(=O)Oc1c(NC(=O)CCc2c[nH]cn2)cccc1OC. The maximum atomic E-state index is 12.1.